The largest absolute Gasteiger partial charge is 0.366 e. The first-order chi connectivity index (χ1) is 5.13. The number of halogens is 2. The van der Waals surface area contributed by atoms with Gasteiger partial charge in [0, 0.05) is 12.4 Å². The van der Waals surface area contributed by atoms with Crippen LogP contribution in [0.1, 0.15) is 20.7 Å². The van der Waals surface area contributed by atoms with Crippen LogP contribution < -0.4 is 0 Å². The van der Waals surface area contributed by atoms with E-state index in [1.54, 1.807) is 0 Å². The molecule has 1 aromatic rings. The van der Waals surface area contributed by atoms with Crippen molar-refractivity contribution in [2.24, 2.45) is 0 Å². The van der Waals surface area contributed by atoms with E-state index in [9.17, 15) is 9.59 Å². The van der Waals surface area contributed by atoms with E-state index in [-0.39, 0.29) is 11.1 Å². The van der Waals surface area contributed by atoms with E-state index in [4.69, 9.17) is 23.2 Å². The normalized spacial score (nSPS) is 9.64. The highest BCUT2D eigenvalue weighted by molar-refractivity contribution is 6.71. The lowest BCUT2D eigenvalue weighted by Crippen LogP contribution is -1.95. The highest BCUT2D eigenvalue weighted by atomic mass is 35.5. The quantitative estimate of drug-likeness (QED) is 0.725. The van der Waals surface area contributed by atoms with Crippen molar-refractivity contribution in [3.8, 4) is 0 Å². The summed E-state index contributed by atoms with van der Waals surface area (Å²) in [7, 11) is 0. The third kappa shape index (κ3) is 1.61. The molecule has 11 heavy (non-hydrogen) atoms. The summed E-state index contributed by atoms with van der Waals surface area (Å²) >= 11 is 10.2. The van der Waals surface area contributed by atoms with Crippen LogP contribution in [0.2, 0.25) is 0 Å². The number of hydrogen-bond donors (Lipinski definition) is 1. The first-order valence-corrected chi connectivity index (χ1v) is 3.45. The van der Waals surface area contributed by atoms with E-state index < -0.39 is 10.5 Å². The Hall–Kier alpha value is -0.800. The molecule has 0 amide bonds. The van der Waals surface area contributed by atoms with Crippen molar-refractivity contribution in [2.75, 3.05) is 0 Å². The van der Waals surface area contributed by atoms with Gasteiger partial charge in [0.15, 0.2) is 0 Å². The van der Waals surface area contributed by atoms with Gasteiger partial charge in [0.05, 0.1) is 11.1 Å². The Morgan fingerprint density at radius 2 is 1.45 bits per heavy atom. The van der Waals surface area contributed by atoms with Crippen LogP contribution in [0.25, 0.3) is 0 Å². The molecule has 3 nitrogen and oxygen atoms in total. The lowest BCUT2D eigenvalue weighted by molar-refractivity contribution is 0.105. The SMILES string of the molecule is O=C(Cl)c1c[nH]cc1C(=O)Cl. The van der Waals surface area contributed by atoms with Crippen molar-refractivity contribution in [3.05, 3.63) is 23.5 Å². The molecule has 0 aliphatic heterocycles. The molecule has 0 fully saturated rings. The molecular formula is C6H3Cl2NO2. The summed E-state index contributed by atoms with van der Waals surface area (Å²) in [6, 6.07) is 0. The van der Waals surface area contributed by atoms with Gasteiger partial charge in [-0.3, -0.25) is 9.59 Å². The van der Waals surface area contributed by atoms with Crippen molar-refractivity contribution in [2.45, 2.75) is 0 Å². The van der Waals surface area contributed by atoms with Gasteiger partial charge >= 0.3 is 0 Å². The molecule has 1 aromatic heterocycles. The molecule has 0 unspecified atom stereocenters. The molecule has 0 aromatic carbocycles. The Morgan fingerprint density at radius 1 is 1.09 bits per heavy atom. The second-order valence-electron chi connectivity index (χ2n) is 1.83. The fourth-order valence-electron chi connectivity index (χ4n) is 0.689. The first kappa shape index (κ1) is 8.30. The minimum atomic E-state index is -0.699. The minimum Gasteiger partial charge on any atom is -0.366 e. The van der Waals surface area contributed by atoms with Crippen molar-refractivity contribution in [1.29, 1.82) is 0 Å². The summed E-state index contributed by atoms with van der Waals surface area (Å²) in [5.74, 6) is 0. The smallest absolute Gasteiger partial charge is 0.254 e. The first-order valence-electron chi connectivity index (χ1n) is 2.69. The van der Waals surface area contributed by atoms with E-state index >= 15 is 0 Å². The molecule has 0 atom stereocenters. The molecule has 0 bridgehead atoms. The number of hydrogen-bond acceptors (Lipinski definition) is 2. The zero-order chi connectivity index (χ0) is 8.43. The Labute approximate surface area is 72.3 Å². The standard InChI is InChI=1S/C6H3Cl2NO2/c7-5(10)3-1-9-2-4(3)6(8)11/h1-2,9H. The number of rotatable bonds is 2. The van der Waals surface area contributed by atoms with E-state index in [1.807, 2.05) is 0 Å². The predicted molar refractivity (Wildman–Crippen MR) is 41.2 cm³/mol. The van der Waals surface area contributed by atoms with E-state index in [0.717, 1.165) is 0 Å². The maximum atomic E-state index is 10.6. The average Bonchev–Trinajstić information content (AvgIpc) is 2.32. The number of nitrogens with one attached hydrogen (secondary N) is 1. The minimum absolute atomic E-state index is 0.103. The summed E-state index contributed by atoms with van der Waals surface area (Å²) in [6.45, 7) is 0. The van der Waals surface area contributed by atoms with Gasteiger partial charge in [-0.05, 0) is 23.2 Å². The third-order valence-electron chi connectivity index (χ3n) is 1.17. The highest BCUT2D eigenvalue weighted by Crippen LogP contribution is 2.12. The molecule has 58 valence electrons. The van der Waals surface area contributed by atoms with Crippen LogP contribution >= 0.6 is 23.2 Å². The molecule has 1 rings (SSSR count). The van der Waals surface area contributed by atoms with Crippen LogP contribution in [-0.4, -0.2) is 15.5 Å². The van der Waals surface area contributed by atoms with Gasteiger partial charge in [0.2, 0.25) is 0 Å². The highest BCUT2D eigenvalue weighted by Gasteiger charge is 2.14. The number of carbonyl (C=O) groups excluding carboxylic acids is 2. The lowest BCUT2D eigenvalue weighted by Gasteiger charge is -1.88. The van der Waals surface area contributed by atoms with E-state index in [0.29, 0.717) is 0 Å². The summed E-state index contributed by atoms with van der Waals surface area (Å²) in [5, 5.41) is -1.40. The fraction of sp³-hybridized carbons (Fsp3) is 0. The molecular weight excluding hydrogens is 189 g/mol. The molecule has 0 aliphatic rings. The predicted octanol–water partition coefficient (Wildman–Crippen LogP) is 1.77. The number of aromatic amines is 1. The summed E-state index contributed by atoms with van der Waals surface area (Å²) in [4.78, 5) is 23.7. The molecule has 0 radical (unpaired) electrons. The van der Waals surface area contributed by atoms with E-state index in [2.05, 4.69) is 4.98 Å². The van der Waals surface area contributed by atoms with Crippen molar-refractivity contribution in [3.63, 3.8) is 0 Å². The van der Waals surface area contributed by atoms with Crippen molar-refractivity contribution >= 4 is 33.7 Å². The molecule has 5 heteroatoms. The Morgan fingerprint density at radius 3 is 1.73 bits per heavy atom. The van der Waals surface area contributed by atoms with E-state index in [1.165, 1.54) is 12.4 Å². The van der Waals surface area contributed by atoms with Crippen LogP contribution in [0.15, 0.2) is 12.4 Å². The average molecular weight is 192 g/mol. The zero-order valence-corrected chi connectivity index (χ0v) is 6.74. The third-order valence-corrected chi connectivity index (χ3v) is 1.58. The maximum absolute atomic E-state index is 10.6. The second-order valence-corrected chi connectivity index (χ2v) is 2.52. The van der Waals surface area contributed by atoms with Gasteiger partial charge in [-0.25, -0.2) is 0 Å². The van der Waals surface area contributed by atoms with Gasteiger partial charge < -0.3 is 4.98 Å². The molecule has 0 aliphatic carbocycles. The van der Waals surface area contributed by atoms with Crippen molar-refractivity contribution in [1.82, 2.24) is 4.98 Å². The van der Waals surface area contributed by atoms with Gasteiger partial charge in [-0.2, -0.15) is 0 Å². The second kappa shape index (κ2) is 3.07. The Bertz CT molecular complexity index is 277. The lowest BCUT2D eigenvalue weighted by atomic mass is 10.2. The maximum Gasteiger partial charge on any atom is 0.254 e. The summed E-state index contributed by atoms with van der Waals surface area (Å²) < 4.78 is 0. The van der Waals surface area contributed by atoms with Gasteiger partial charge in [-0.15, -0.1) is 0 Å². The molecule has 1 N–H and O–H groups in total. The van der Waals surface area contributed by atoms with Crippen LogP contribution in [0, 0.1) is 0 Å². The topological polar surface area (TPSA) is 49.9 Å². The molecule has 0 saturated heterocycles. The van der Waals surface area contributed by atoms with Gasteiger partial charge in [0.25, 0.3) is 10.5 Å². The Kier molecular flexibility index (Phi) is 2.31. The number of H-pyrrole nitrogens is 1. The van der Waals surface area contributed by atoms with Gasteiger partial charge in [-0.1, -0.05) is 0 Å². The molecule has 1 heterocycles. The number of carbonyl (C=O) groups is 2. The van der Waals surface area contributed by atoms with Crippen LogP contribution in [0.4, 0.5) is 0 Å². The summed E-state index contributed by atoms with van der Waals surface area (Å²) in [5.41, 5.74) is 0.207. The molecule has 0 spiro atoms. The van der Waals surface area contributed by atoms with Gasteiger partial charge in [0.1, 0.15) is 0 Å². The zero-order valence-electron chi connectivity index (χ0n) is 5.23. The van der Waals surface area contributed by atoms with Crippen LogP contribution in [0.3, 0.4) is 0 Å². The number of aromatic nitrogens is 1. The Balaban J connectivity index is 3.16. The fourth-order valence-corrected chi connectivity index (χ4v) is 1.00. The monoisotopic (exact) mass is 191 g/mol. The summed E-state index contributed by atoms with van der Waals surface area (Å²) in [6.07, 6.45) is 2.65. The van der Waals surface area contributed by atoms with Crippen LogP contribution in [0.5, 0.6) is 0 Å². The van der Waals surface area contributed by atoms with Crippen LogP contribution in [-0.2, 0) is 0 Å². The molecule has 0 saturated carbocycles. The van der Waals surface area contributed by atoms with Crippen molar-refractivity contribution < 1.29 is 9.59 Å².